The second-order valence-corrected chi connectivity index (χ2v) is 4.61. The van der Waals surface area contributed by atoms with Crippen molar-refractivity contribution >= 4 is 5.91 Å². The number of amides is 1. The van der Waals surface area contributed by atoms with Crippen LogP contribution in [0.4, 0.5) is 0 Å². The van der Waals surface area contributed by atoms with Gasteiger partial charge in [0, 0.05) is 25.8 Å². The lowest BCUT2D eigenvalue weighted by atomic mass is 10.3. The second-order valence-electron chi connectivity index (χ2n) is 4.61. The molecule has 0 spiro atoms. The zero-order chi connectivity index (χ0) is 15.8. The van der Waals surface area contributed by atoms with Gasteiger partial charge in [0.2, 0.25) is 0 Å². The van der Waals surface area contributed by atoms with Crippen molar-refractivity contribution in [1.29, 1.82) is 0 Å². The number of ether oxygens (including phenoxy) is 1. The molecule has 0 aliphatic carbocycles. The van der Waals surface area contributed by atoms with E-state index in [4.69, 9.17) is 4.74 Å². The van der Waals surface area contributed by atoms with Gasteiger partial charge in [-0.3, -0.25) is 9.59 Å². The van der Waals surface area contributed by atoms with Crippen molar-refractivity contribution in [2.24, 2.45) is 0 Å². The zero-order valence-corrected chi connectivity index (χ0v) is 12.5. The molecule has 1 N–H and O–H groups in total. The number of carbonyl (C=O) groups is 1. The lowest BCUT2D eigenvalue weighted by molar-refractivity contribution is 0.0937. The van der Waals surface area contributed by atoms with Crippen molar-refractivity contribution in [2.45, 2.75) is 13.3 Å². The summed E-state index contributed by atoms with van der Waals surface area (Å²) in [6.45, 7) is 3.70. The van der Waals surface area contributed by atoms with Crippen molar-refractivity contribution in [1.82, 2.24) is 15.1 Å². The monoisotopic (exact) mass is 301 g/mol. The second kappa shape index (κ2) is 8.09. The van der Waals surface area contributed by atoms with Gasteiger partial charge >= 0.3 is 0 Å². The van der Waals surface area contributed by atoms with Crippen LogP contribution in [0.3, 0.4) is 0 Å². The molecule has 0 saturated heterocycles. The first-order valence-corrected chi connectivity index (χ1v) is 7.24. The lowest BCUT2D eigenvalue weighted by Gasteiger charge is -2.07. The van der Waals surface area contributed by atoms with Crippen LogP contribution in [0.1, 0.15) is 23.8 Å². The molecule has 0 atom stereocenters. The Morgan fingerprint density at radius 1 is 1.23 bits per heavy atom. The van der Waals surface area contributed by atoms with Crippen molar-refractivity contribution in [3.05, 3.63) is 58.5 Å². The SMILES string of the molecule is CCOCCCNC(=O)c1ccc(=O)n(-c2ccccc2)n1. The summed E-state index contributed by atoms with van der Waals surface area (Å²) in [6, 6.07) is 11.8. The molecule has 6 nitrogen and oxygen atoms in total. The number of nitrogens with one attached hydrogen (secondary N) is 1. The molecule has 0 bridgehead atoms. The Morgan fingerprint density at radius 3 is 2.73 bits per heavy atom. The van der Waals surface area contributed by atoms with Gasteiger partial charge in [0.15, 0.2) is 0 Å². The molecule has 0 saturated carbocycles. The molecule has 1 aromatic carbocycles. The van der Waals surface area contributed by atoms with E-state index in [9.17, 15) is 9.59 Å². The van der Waals surface area contributed by atoms with Crippen molar-refractivity contribution < 1.29 is 9.53 Å². The average molecular weight is 301 g/mol. The van der Waals surface area contributed by atoms with E-state index in [-0.39, 0.29) is 17.2 Å². The summed E-state index contributed by atoms with van der Waals surface area (Å²) in [6.07, 6.45) is 0.734. The average Bonchev–Trinajstić information content (AvgIpc) is 2.55. The normalized spacial score (nSPS) is 10.4. The van der Waals surface area contributed by atoms with Crippen molar-refractivity contribution in [3.8, 4) is 5.69 Å². The highest BCUT2D eigenvalue weighted by atomic mass is 16.5. The number of carbonyl (C=O) groups excluding carboxylic acids is 1. The highest BCUT2D eigenvalue weighted by molar-refractivity contribution is 5.92. The first-order chi connectivity index (χ1) is 10.7. The zero-order valence-electron chi connectivity index (χ0n) is 12.5. The highest BCUT2D eigenvalue weighted by Gasteiger charge is 2.09. The van der Waals surface area contributed by atoms with Gasteiger partial charge in [0.25, 0.3) is 11.5 Å². The molecule has 6 heteroatoms. The van der Waals surface area contributed by atoms with E-state index in [1.165, 1.54) is 16.8 Å². The topological polar surface area (TPSA) is 73.2 Å². The van der Waals surface area contributed by atoms with Gasteiger partial charge in [-0.25, -0.2) is 0 Å². The Labute approximate surface area is 128 Å². The number of hydrogen-bond acceptors (Lipinski definition) is 4. The van der Waals surface area contributed by atoms with Crippen LogP contribution in [0, 0.1) is 0 Å². The molecule has 0 radical (unpaired) electrons. The smallest absolute Gasteiger partial charge is 0.271 e. The molecule has 0 aliphatic rings. The predicted octanol–water partition coefficient (Wildman–Crippen LogP) is 1.39. The summed E-state index contributed by atoms with van der Waals surface area (Å²) in [5.41, 5.74) is 0.553. The molecule has 1 aromatic heterocycles. The molecule has 1 heterocycles. The Bertz CT molecular complexity index is 668. The van der Waals surface area contributed by atoms with Crippen LogP contribution in [-0.2, 0) is 4.74 Å². The molecular weight excluding hydrogens is 282 g/mol. The van der Waals surface area contributed by atoms with Gasteiger partial charge in [0.05, 0.1) is 5.69 Å². The molecule has 2 aromatic rings. The number of para-hydroxylation sites is 1. The number of aromatic nitrogens is 2. The fourth-order valence-corrected chi connectivity index (χ4v) is 1.90. The predicted molar refractivity (Wildman–Crippen MR) is 83.3 cm³/mol. The fraction of sp³-hybridized carbons (Fsp3) is 0.312. The molecular formula is C16H19N3O3. The van der Waals surface area contributed by atoms with Gasteiger partial charge in [0.1, 0.15) is 5.69 Å². The number of rotatable bonds is 7. The van der Waals surface area contributed by atoms with E-state index in [0.29, 0.717) is 25.4 Å². The third kappa shape index (κ3) is 4.26. The standard InChI is InChI=1S/C16H19N3O3/c1-2-22-12-6-11-17-16(21)14-9-10-15(20)19(18-14)13-7-4-3-5-8-13/h3-5,7-10H,2,6,11-12H2,1H3,(H,17,21). The van der Waals surface area contributed by atoms with Crippen LogP contribution in [0.15, 0.2) is 47.3 Å². The van der Waals surface area contributed by atoms with Crippen molar-refractivity contribution in [2.75, 3.05) is 19.8 Å². The summed E-state index contributed by atoms with van der Waals surface area (Å²) in [7, 11) is 0. The summed E-state index contributed by atoms with van der Waals surface area (Å²) in [5, 5.41) is 6.88. The first-order valence-electron chi connectivity index (χ1n) is 7.24. The minimum absolute atomic E-state index is 0.208. The summed E-state index contributed by atoms with van der Waals surface area (Å²) in [4.78, 5) is 23.9. The van der Waals surface area contributed by atoms with Crippen LogP contribution < -0.4 is 10.9 Å². The van der Waals surface area contributed by atoms with E-state index >= 15 is 0 Å². The van der Waals surface area contributed by atoms with Gasteiger partial charge in [-0.1, -0.05) is 18.2 Å². The third-order valence-corrected chi connectivity index (χ3v) is 2.99. The van der Waals surface area contributed by atoms with Gasteiger partial charge < -0.3 is 10.1 Å². The molecule has 22 heavy (non-hydrogen) atoms. The fourth-order valence-electron chi connectivity index (χ4n) is 1.90. The molecule has 0 unspecified atom stereocenters. The van der Waals surface area contributed by atoms with E-state index in [2.05, 4.69) is 10.4 Å². The van der Waals surface area contributed by atoms with E-state index < -0.39 is 0 Å². The van der Waals surface area contributed by atoms with E-state index in [0.717, 1.165) is 6.42 Å². The first kappa shape index (κ1) is 15.9. The Kier molecular flexibility index (Phi) is 5.85. The Balaban J connectivity index is 2.06. The summed E-state index contributed by atoms with van der Waals surface area (Å²) >= 11 is 0. The van der Waals surface area contributed by atoms with Gasteiger partial charge in [-0.05, 0) is 31.5 Å². The van der Waals surface area contributed by atoms with Crippen LogP contribution in [0.25, 0.3) is 5.69 Å². The maximum absolute atomic E-state index is 12.0. The van der Waals surface area contributed by atoms with E-state index in [1.54, 1.807) is 12.1 Å². The molecule has 116 valence electrons. The third-order valence-electron chi connectivity index (χ3n) is 2.99. The number of hydrogen-bond donors (Lipinski definition) is 1. The van der Waals surface area contributed by atoms with Crippen LogP contribution >= 0.6 is 0 Å². The highest BCUT2D eigenvalue weighted by Crippen LogP contribution is 2.02. The lowest BCUT2D eigenvalue weighted by Crippen LogP contribution is -2.29. The Morgan fingerprint density at radius 2 is 2.00 bits per heavy atom. The number of benzene rings is 1. The Hall–Kier alpha value is -2.47. The maximum atomic E-state index is 12.0. The largest absolute Gasteiger partial charge is 0.382 e. The van der Waals surface area contributed by atoms with Gasteiger partial charge in [-0.15, -0.1) is 0 Å². The molecule has 1 amide bonds. The van der Waals surface area contributed by atoms with Gasteiger partial charge in [-0.2, -0.15) is 9.78 Å². The van der Waals surface area contributed by atoms with Crippen LogP contribution in [-0.4, -0.2) is 35.4 Å². The molecule has 2 rings (SSSR count). The minimum Gasteiger partial charge on any atom is -0.382 e. The quantitative estimate of drug-likeness (QED) is 0.784. The van der Waals surface area contributed by atoms with E-state index in [1.807, 2.05) is 25.1 Å². The molecule has 0 aliphatic heterocycles. The molecule has 0 fully saturated rings. The van der Waals surface area contributed by atoms with Crippen molar-refractivity contribution in [3.63, 3.8) is 0 Å². The summed E-state index contributed by atoms with van der Waals surface area (Å²) in [5.74, 6) is -0.304. The summed E-state index contributed by atoms with van der Waals surface area (Å²) < 4.78 is 6.42. The van der Waals surface area contributed by atoms with Crippen LogP contribution in [0.5, 0.6) is 0 Å². The minimum atomic E-state index is -0.304. The maximum Gasteiger partial charge on any atom is 0.271 e. The van der Waals surface area contributed by atoms with Crippen LogP contribution in [0.2, 0.25) is 0 Å². The number of nitrogens with zero attached hydrogens (tertiary/aromatic N) is 2.